The van der Waals surface area contributed by atoms with Crippen LogP contribution in [0.25, 0.3) is 0 Å². The second-order valence-corrected chi connectivity index (χ2v) is 9.05. The third-order valence-electron chi connectivity index (χ3n) is 3.76. The highest BCUT2D eigenvalue weighted by molar-refractivity contribution is 7.91. The van der Waals surface area contributed by atoms with Crippen LogP contribution in [0.2, 0.25) is 5.02 Å². The number of hydrogen-bond acceptors (Lipinski definition) is 6. The first kappa shape index (κ1) is 21.2. The Kier molecular flexibility index (Phi) is 7.13. The summed E-state index contributed by atoms with van der Waals surface area (Å²) < 4.78 is 35.9. The summed E-state index contributed by atoms with van der Waals surface area (Å²) >= 11 is 7.29. The van der Waals surface area contributed by atoms with Crippen LogP contribution in [0.3, 0.4) is 0 Å². The molecule has 2 aromatic carbocycles. The average molecular weight is 451 g/mol. The molecular weight excluding hydrogens is 432 g/mol. The van der Waals surface area contributed by atoms with Crippen molar-refractivity contribution in [3.63, 3.8) is 0 Å². The van der Waals surface area contributed by atoms with Gasteiger partial charge in [0.2, 0.25) is 0 Å². The van der Waals surface area contributed by atoms with Crippen LogP contribution < -0.4 is 14.3 Å². The Balaban J connectivity index is 1.71. The minimum Gasteiger partial charge on any atom is -0.490 e. The summed E-state index contributed by atoms with van der Waals surface area (Å²) in [5.74, 6) is 1.09. The maximum atomic E-state index is 12.1. The highest BCUT2D eigenvalue weighted by atomic mass is 35.5. The molecule has 1 N–H and O–H groups in total. The Morgan fingerprint density at radius 1 is 1.10 bits per heavy atom. The summed E-state index contributed by atoms with van der Waals surface area (Å²) in [6.45, 7) is 2.62. The fraction of sp³-hybridized carbons (Fsp3) is 0.150. The zero-order chi connectivity index (χ0) is 20.7. The average Bonchev–Trinajstić information content (AvgIpc) is 3.24. The molecule has 0 radical (unpaired) electrons. The van der Waals surface area contributed by atoms with Crippen molar-refractivity contribution in [2.24, 2.45) is 5.10 Å². The van der Waals surface area contributed by atoms with Crippen LogP contribution in [0.15, 0.2) is 69.3 Å². The molecule has 3 aromatic rings. The smallest absolute Gasteiger partial charge is 0.286 e. The molecule has 0 saturated heterocycles. The van der Waals surface area contributed by atoms with E-state index < -0.39 is 10.0 Å². The van der Waals surface area contributed by atoms with Crippen LogP contribution in [0.1, 0.15) is 18.1 Å². The van der Waals surface area contributed by atoms with Gasteiger partial charge in [0.05, 0.1) is 12.8 Å². The molecule has 0 bridgehead atoms. The molecule has 0 aliphatic heterocycles. The molecule has 0 saturated carbocycles. The molecule has 152 valence electrons. The minimum atomic E-state index is -3.66. The number of benzene rings is 2. The van der Waals surface area contributed by atoms with Gasteiger partial charge in [-0.1, -0.05) is 35.9 Å². The Morgan fingerprint density at radius 3 is 2.66 bits per heavy atom. The number of nitrogens with one attached hydrogen (secondary N) is 1. The number of thiophene rings is 1. The van der Waals surface area contributed by atoms with Crippen LogP contribution in [0.5, 0.6) is 11.5 Å². The molecule has 0 atom stereocenters. The Bertz CT molecular complexity index is 1080. The van der Waals surface area contributed by atoms with Gasteiger partial charge in [0.1, 0.15) is 10.8 Å². The number of sulfonamides is 1. The molecule has 6 nitrogen and oxygen atoms in total. The third kappa shape index (κ3) is 5.72. The van der Waals surface area contributed by atoms with E-state index in [9.17, 15) is 8.42 Å². The number of hydrogen-bond donors (Lipinski definition) is 1. The summed E-state index contributed by atoms with van der Waals surface area (Å²) in [6.07, 6.45) is 1.41. The molecule has 0 aliphatic carbocycles. The lowest BCUT2D eigenvalue weighted by Crippen LogP contribution is -2.17. The molecular formula is C20H19ClN2O4S2. The maximum Gasteiger partial charge on any atom is 0.286 e. The lowest BCUT2D eigenvalue weighted by molar-refractivity contribution is 0.269. The first-order valence-corrected chi connectivity index (χ1v) is 11.4. The van der Waals surface area contributed by atoms with E-state index in [1.54, 1.807) is 35.7 Å². The van der Waals surface area contributed by atoms with Gasteiger partial charge in [0, 0.05) is 10.6 Å². The fourth-order valence-electron chi connectivity index (χ4n) is 2.40. The molecule has 0 spiro atoms. The van der Waals surface area contributed by atoms with E-state index in [0.717, 1.165) is 16.9 Å². The second-order valence-electron chi connectivity index (χ2n) is 5.80. The van der Waals surface area contributed by atoms with Crippen LogP contribution in [-0.2, 0) is 16.6 Å². The summed E-state index contributed by atoms with van der Waals surface area (Å²) in [7, 11) is -3.66. The Hall–Kier alpha value is -2.55. The van der Waals surface area contributed by atoms with Crippen LogP contribution in [0, 0.1) is 0 Å². The molecule has 0 amide bonds. The minimum absolute atomic E-state index is 0.202. The van der Waals surface area contributed by atoms with Gasteiger partial charge in [-0.3, -0.25) is 0 Å². The summed E-state index contributed by atoms with van der Waals surface area (Å²) in [5.41, 5.74) is 1.53. The Morgan fingerprint density at radius 2 is 1.93 bits per heavy atom. The molecule has 29 heavy (non-hydrogen) atoms. The molecule has 1 heterocycles. The zero-order valence-electron chi connectivity index (χ0n) is 15.5. The van der Waals surface area contributed by atoms with Gasteiger partial charge in [0.25, 0.3) is 10.0 Å². The van der Waals surface area contributed by atoms with Crippen molar-refractivity contribution in [2.45, 2.75) is 17.7 Å². The van der Waals surface area contributed by atoms with E-state index in [2.05, 4.69) is 9.93 Å². The van der Waals surface area contributed by atoms with E-state index in [-0.39, 0.29) is 4.21 Å². The fourth-order valence-corrected chi connectivity index (χ4v) is 4.36. The molecule has 1 aromatic heterocycles. The number of halogens is 1. The first-order valence-electron chi connectivity index (χ1n) is 8.71. The predicted octanol–water partition coefficient (Wildman–Crippen LogP) is 4.69. The van der Waals surface area contributed by atoms with Crippen LogP contribution in [-0.4, -0.2) is 21.2 Å². The maximum absolute atomic E-state index is 12.1. The van der Waals surface area contributed by atoms with Crippen molar-refractivity contribution in [3.8, 4) is 11.5 Å². The first-order chi connectivity index (χ1) is 14.0. The summed E-state index contributed by atoms with van der Waals surface area (Å²) in [4.78, 5) is 2.19. The van der Waals surface area contributed by atoms with Gasteiger partial charge < -0.3 is 9.47 Å². The van der Waals surface area contributed by atoms with Crippen molar-refractivity contribution in [2.75, 3.05) is 6.61 Å². The Labute approximate surface area is 178 Å². The number of nitrogens with zero attached hydrogens (tertiary/aromatic N) is 1. The topological polar surface area (TPSA) is 77.0 Å². The van der Waals surface area contributed by atoms with Crippen molar-refractivity contribution in [3.05, 3.63) is 76.1 Å². The van der Waals surface area contributed by atoms with Crippen LogP contribution in [0.4, 0.5) is 0 Å². The summed E-state index contributed by atoms with van der Waals surface area (Å²) in [5, 5.41) is 6.16. The predicted molar refractivity (Wildman–Crippen MR) is 116 cm³/mol. The van der Waals surface area contributed by atoms with E-state index in [0.29, 0.717) is 35.3 Å². The zero-order valence-corrected chi connectivity index (χ0v) is 17.9. The van der Waals surface area contributed by atoms with Gasteiger partial charge in [0.15, 0.2) is 11.5 Å². The van der Waals surface area contributed by atoms with Crippen molar-refractivity contribution < 1.29 is 17.9 Å². The number of ether oxygens (including phenoxy) is 2. The molecule has 0 fully saturated rings. The lowest BCUT2D eigenvalue weighted by Gasteiger charge is -2.13. The van der Waals surface area contributed by atoms with Gasteiger partial charge in [-0.2, -0.15) is 18.4 Å². The normalized spacial score (nSPS) is 11.5. The van der Waals surface area contributed by atoms with Gasteiger partial charge in [-0.05, 0) is 48.2 Å². The van der Waals surface area contributed by atoms with Gasteiger partial charge >= 0.3 is 0 Å². The molecule has 0 unspecified atom stereocenters. The molecule has 3 rings (SSSR count). The molecule has 9 heteroatoms. The van der Waals surface area contributed by atoms with Gasteiger partial charge in [-0.15, -0.1) is 11.3 Å². The van der Waals surface area contributed by atoms with E-state index in [1.807, 2.05) is 25.1 Å². The van der Waals surface area contributed by atoms with Gasteiger partial charge in [-0.25, -0.2) is 0 Å². The van der Waals surface area contributed by atoms with Crippen molar-refractivity contribution in [1.82, 2.24) is 4.83 Å². The number of rotatable bonds is 9. The van der Waals surface area contributed by atoms with E-state index in [4.69, 9.17) is 21.1 Å². The highest BCUT2D eigenvalue weighted by Crippen LogP contribution is 2.29. The third-order valence-corrected chi connectivity index (χ3v) is 6.74. The monoisotopic (exact) mass is 450 g/mol. The lowest BCUT2D eigenvalue weighted by atomic mass is 10.2. The second kappa shape index (κ2) is 9.78. The molecule has 0 aliphatic rings. The van der Waals surface area contributed by atoms with E-state index >= 15 is 0 Å². The summed E-state index contributed by atoms with van der Waals surface area (Å²) in [6, 6.07) is 15.9. The number of hydrazone groups is 1. The largest absolute Gasteiger partial charge is 0.490 e. The van der Waals surface area contributed by atoms with Crippen molar-refractivity contribution >= 4 is 39.2 Å². The van der Waals surface area contributed by atoms with Crippen molar-refractivity contribution in [1.29, 1.82) is 0 Å². The quantitative estimate of drug-likeness (QED) is 0.379. The SMILES string of the molecule is CCOc1cc(/C=N/NS(=O)(=O)c2cccs2)ccc1OCc1ccccc1Cl. The van der Waals surface area contributed by atoms with E-state index in [1.165, 1.54) is 12.3 Å². The van der Waals surface area contributed by atoms with Crippen LogP contribution >= 0.6 is 22.9 Å². The highest BCUT2D eigenvalue weighted by Gasteiger charge is 2.13. The standard InChI is InChI=1S/C20H19ClN2O4S2/c1-2-26-19-12-15(13-22-23-29(24,25)20-8-5-11-28-20)9-10-18(19)27-14-16-6-3-4-7-17(16)21/h3-13,23H,2,14H2,1H3/b22-13+.